The Kier molecular flexibility index (Phi) is 8.58. The van der Waals surface area contributed by atoms with E-state index in [1.54, 1.807) is 24.3 Å². The topological polar surface area (TPSA) is 129 Å². The maximum absolute atomic E-state index is 12.9. The first-order valence-corrected chi connectivity index (χ1v) is 9.78. The number of anilines is 1. The third-order valence-electron chi connectivity index (χ3n) is 4.52. The molecule has 4 amide bonds. The maximum atomic E-state index is 12.9. The van der Waals surface area contributed by atoms with Crippen LogP contribution < -0.4 is 10.6 Å². The molecule has 32 heavy (non-hydrogen) atoms. The zero-order chi connectivity index (χ0) is 23.7. The molecule has 0 bridgehead atoms. The number of carbonyl (C=O) groups excluding carboxylic acids is 4. The van der Waals surface area contributed by atoms with Crippen LogP contribution in [0, 0.1) is 0 Å². The summed E-state index contributed by atoms with van der Waals surface area (Å²) in [5.74, 6) is -1.88. The van der Waals surface area contributed by atoms with Crippen LogP contribution in [0.25, 0.3) is 0 Å². The molecule has 0 aliphatic heterocycles. The van der Waals surface area contributed by atoms with E-state index in [1.165, 1.54) is 30.8 Å². The summed E-state index contributed by atoms with van der Waals surface area (Å²) in [5.41, 5.74) is 6.84. The molecule has 0 aliphatic rings. The standard InChI is InChI=1S/C22H26N6O4/c1-16(29)26(2)14-22(32)28(15-21(31)27(3)13-20(23)30)19-11-9-18(10-12-19)25-24-17-7-5-4-6-8-17/h4-12H,13-15H2,1-3H3,(H2,23,30). The monoisotopic (exact) mass is 438 g/mol. The number of hydrogen-bond acceptors (Lipinski definition) is 6. The highest BCUT2D eigenvalue weighted by atomic mass is 16.2. The van der Waals surface area contributed by atoms with Gasteiger partial charge in [0, 0.05) is 26.7 Å². The highest BCUT2D eigenvalue weighted by Crippen LogP contribution is 2.22. The summed E-state index contributed by atoms with van der Waals surface area (Å²) < 4.78 is 0. The van der Waals surface area contributed by atoms with Crippen molar-refractivity contribution in [2.75, 3.05) is 38.6 Å². The summed E-state index contributed by atoms with van der Waals surface area (Å²) >= 11 is 0. The van der Waals surface area contributed by atoms with Crippen molar-refractivity contribution in [2.45, 2.75) is 6.92 Å². The Labute approximate surface area is 186 Å². The predicted octanol–water partition coefficient (Wildman–Crippen LogP) is 1.86. The van der Waals surface area contributed by atoms with Crippen LogP contribution in [0.2, 0.25) is 0 Å². The van der Waals surface area contributed by atoms with Crippen LogP contribution in [0.1, 0.15) is 6.92 Å². The summed E-state index contributed by atoms with van der Waals surface area (Å²) in [6.07, 6.45) is 0. The molecule has 2 N–H and O–H groups in total. The number of nitrogens with two attached hydrogens (primary N) is 1. The number of carbonyl (C=O) groups is 4. The first-order chi connectivity index (χ1) is 15.2. The van der Waals surface area contributed by atoms with E-state index in [0.29, 0.717) is 17.1 Å². The van der Waals surface area contributed by atoms with Crippen LogP contribution >= 0.6 is 0 Å². The van der Waals surface area contributed by atoms with Crippen LogP contribution in [0.4, 0.5) is 17.1 Å². The van der Waals surface area contributed by atoms with E-state index in [0.717, 1.165) is 4.90 Å². The normalized spacial score (nSPS) is 10.6. The molecule has 2 aromatic rings. The smallest absolute Gasteiger partial charge is 0.247 e. The van der Waals surface area contributed by atoms with Gasteiger partial charge in [-0.1, -0.05) is 18.2 Å². The Morgan fingerprint density at radius 1 is 0.750 bits per heavy atom. The SMILES string of the molecule is CC(=O)N(C)CC(=O)N(CC(=O)N(C)CC(N)=O)c1ccc(N=Nc2ccccc2)cc1. The number of benzene rings is 2. The average Bonchev–Trinajstić information content (AvgIpc) is 2.76. The lowest BCUT2D eigenvalue weighted by atomic mass is 10.2. The maximum Gasteiger partial charge on any atom is 0.247 e. The zero-order valence-electron chi connectivity index (χ0n) is 18.3. The number of rotatable bonds is 9. The van der Waals surface area contributed by atoms with Crippen molar-refractivity contribution in [3.8, 4) is 0 Å². The number of likely N-dealkylation sites (N-methyl/N-ethyl adjacent to an activating group) is 2. The molecule has 0 spiro atoms. The Hall–Kier alpha value is -4.08. The molecule has 0 saturated heterocycles. The molecule has 0 atom stereocenters. The second-order valence-corrected chi connectivity index (χ2v) is 7.12. The van der Waals surface area contributed by atoms with Gasteiger partial charge in [-0.2, -0.15) is 10.2 Å². The molecule has 2 rings (SSSR count). The van der Waals surface area contributed by atoms with Crippen LogP contribution in [0.15, 0.2) is 64.8 Å². The fourth-order valence-corrected chi connectivity index (χ4v) is 2.61. The fraction of sp³-hybridized carbons (Fsp3) is 0.273. The molecule has 0 unspecified atom stereocenters. The van der Waals surface area contributed by atoms with Crippen LogP contribution in [0.3, 0.4) is 0 Å². The molecule has 0 aromatic heterocycles. The van der Waals surface area contributed by atoms with Crippen molar-refractivity contribution < 1.29 is 19.2 Å². The largest absolute Gasteiger partial charge is 0.368 e. The lowest BCUT2D eigenvalue weighted by Gasteiger charge is -2.27. The third-order valence-corrected chi connectivity index (χ3v) is 4.52. The Bertz CT molecular complexity index is 991. The van der Waals surface area contributed by atoms with Crippen LogP contribution in [0.5, 0.6) is 0 Å². The van der Waals surface area contributed by atoms with Gasteiger partial charge in [-0.05, 0) is 36.4 Å². The third kappa shape index (κ3) is 7.31. The van der Waals surface area contributed by atoms with Gasteiger partial charge in [-0.3, -0.25) is 19.2 Å². The van der Waals surface area contributed by atoms with Gasteiger partial charge in [-0.15, -0.1) is 0 Å². The van der Waals surface area contributed by atoms with E-state index < -0.39 is 17.7 Å². The fourth-order valence-electron chi connectivity index (χ4n) is 2.61. The number of primary amides is 1. The first kappa shape index (κ1) is 24.2. The van der Waals surface area contributed by atoms with Crippen molar-refractivity contribution in [3.05, 3.63) is 54.6 Å². The number of nitrogens with zero attached hydrogens (tertiary/aromatic N) is 5. The summed E-state index contributed by atoms with van der Waals surface area (Å²) in [6, 6.07) is 15.8. The van der Waals surface area contributed by atoms with Crippen molar-refractivity contribution in [3.63, 3.8) is 0 Å². The molecule has 0 radical (unpaired) electrons. The van der Waals surface area contributed by atoms with Gasteiger partial charge in [-0.25, -0.2) is 0 Å². The average molecular weight is 438 g/mol. The molecule has 0 heterocycles. The second kappa shape index (κ2) is 11.3. The van der Waals surface area contributed by atoms with Gasteiger partial charge >= 0.3 is 0 Å². The number of amides is 4. The zero-order valence-corrected chi connectivity index (χ0v) is 18.3. The molecule has 10 heteroatoms. The molecular formula is C22H26N6O4. The first-order valence-electron chi connectivity index (χ1n) is 9.78. The van der Waals surface area contributed by atoms with Gasteiger partial charge in [0.15, 0.2) is 0 Å². The minimum absolute atomic E-state index is 0.211. The minimum atomic E-state index is -0.664. The second-order valence-electron chi connectivity index (χ2n) is 7.12. The molecular weight excluding hydrogens is 412 g/mol. The van der Waals surface area contributed by atoms with Crippen molar-refractivity contribution in [1.29, 1.82) is 0 Å². The molecule has 10 nitrogen and oxygen atoms in total. The Morgan fingerprint density at radius 2 is 1.31 bits per heavy atom. The van der Waals surface area contributed by atoms with Gasteiger partial charge < -0.3 is 20.4 Å². The summed E-state index contributed by atoms with van der Waals surface area (Å²) in [7, 11) is 2.91. The lowest BCUT2D eigenvalue weighted by Crippen LogP contribution is -2.47. The van der Waals surface area contributed by atoms with Gasteiger partial charge in [0.05, 0.1) is 24.5 Å². The highest BCUT2D eigenvalue weighted by Gasteiger charge is 2.23. The van der Waals surface area contributed by atoms with E-state index in [9.17, 15) is 19.2 Å². The van der Waals surface area contributed by atoms with Gasteiger partial charge in [0.1, 0.15) is 6.54 Å². The van der Waals surface area contributed by atoms with Gasteiger partial charge in [0.2, 0.25) is 23.6 Å². The van der Waals surface area contributed by atoms with Gasteiger partial charge in [0.25, 0.3) is 0 Å². The van der Waals surface area contributed by atoms with Crippen molar-refractivity contribution in [2.24, 2.45) is 16.0 Å². The van der Waals surface area contributed by atoms with E-state index in [1.807, 2.05) is 30.3 Å². The van der Waals surface area contributed by atoms with E-state index >= 15 is 0 Å². The van der Waals surface area contributed by atoms with E-state index in [2.05, 4.69) is 10.2 Å². The molecule has 2 aromatic carbocycles. The molecule has 0 aliphatic carbocycles. The number of hydrogen-bond donors (Lipinski definition) is 1. The van der Waals surface area contributed by atoms with Crippen LogP contribution in [-0.2, 0) is 19.2 Å². The molecule has 0 fully saturated rings. The Balaban J connectivity index is 2.22. The molecule has 168 valence electrons. The van der Waals surface area contributed by atoms with E-state index in [4.69, 9.17) is 5.73 Å². The predicted molar refractivity (Wildman–Crippen MR) is 120 cm³/mol. The quantitative estimate of drug-likeness (QED) is 0.599. The molecule has 0 saturated carbocycles. The lowest BCUT2D eigenvalue weighted by molar-refractivity contribution is -0.134. The summed E-state index contributed by atoms with van der Waals surface area (Å²) in [4.78, 5) is 51.7. The van der Waals surface area contributed by atoms with Crippen LogP contribution in [-0.4, -0.2) is 67.2 Å². The summed E-state index contributed by atoms with van der Waals surface area (Å²) in [6.45, 7) is 0.541. The summed E-state index contributed by atoms with van der Waals surface area (Å²) in [5, 5.41) is 8.30. The van der Waals surface area contributed by atoms with Crippen molar-refractivity contribution >= 4 is 40.7 Å². The number of azo groups is 1. The van der Waals surface area contributed by atoms with Crippen molar-refractivity contribution in [1.82, 2.24) is 9.80 Å². The minimum Gasteiger partial charge on any atom is -0.368 e. The highest BCUT2D eigenvalue weighted by molar-refractivity contribution is 6.01. The Morgan fingerprint density at radius 3 is 1.84 bits per heavy atom. The van der Waals surface area contributed by atoms with E-state index in [-0.39, 0.29) is 25.5 Å².